The van der Waals surface area contributed by atoms with E-state index in [1.54, 1.807) is 7.05 Å². The number of aryl methyl sites for hydroxylation is 1. The Labute approximate surface area is 130 Å². The van der Waals surface area contributed by atoms with Gasteiger partial charge in [-0.3, -0.25) is 9.59 Å². The molecular formula is C17H23N3O2. The molecule has 3 N–H and O–H groups in total. The van der Waals surface area contributed by atoms with Crippen LogP contribution in [-0.4, -0.2) is 30.4 Å². The summed E-state index contributed by atoms with van der Waals surface area (Å²) in [4.78, 5) is 26.5. The minimum absolute atomic E-state index is 0.0673. The second-order valence-electron chi connectivity index (χ2n) is 5.41. The molecule has 0 bridgehead atoms. The third-order valence-corrected chi connectivity index (χ3v) is 3.84. The second-order valence-corrected chi connectivity index (χ2v) is 5.41. The minimum Gasteiger partial charge on any atom is -0.359 e. The molecule has 2 rings (SSSR count). The van der Waals surface area contributed by atoms with Crippen LogP contribution >= 0.6 is 0 Å². The molecule has 0 aliphatic rings. The van der Waals surface area contributed by atoms with E-state index >= 15 is 0 Å². The van der Waals surface area contributed by atoms with Crippen molar-refractivity contribution in [2.24, 2.45) is 0 Å². The van der Waals surface area contributed by atoms with Crippen LogP contribution in [0.3, 0.4) is 0 Å². The first-order chi connectivity index (χ1) is 10.6. The van der Waals surface area contributed by atoms with Crippen LogP contribution in [0.15, 0.2) is 24.3 Å². The van der Waals surface area contributed by atoms with Crippen molar-refractivity contribution in [3.63, 3.8) is 0 Å². The Balaban J connectivity index is 1.79. The van der Waals surface area contributed by atoms with Gasteiger partial charge in [-0.15, -0.1) is 0 Å². The number of H-pyrrole nitrogens is 1. The van der Waals surface area contributed by atoms with Crippen LogP contribution in [0, 0.1) is 6.92 Å². The van der Waals surface area contributed by atoms with E-state index in [4.69, 9.17) is 0 Å². The van der Waals surface area contributed by atoms with Gasteiger partial charge in [-0.1, -0.05) is 24.6 Å². The van der Waals surface area contributed by atoms with E-state index < -0.39 is 0 Å². The molecule has 1 aromatic carbocycles. The van der Waals surface area contributed by atoms with E-state index in [9.17, 15) is 9.59 Å². The number of aromatic nitrogens is 1. The van der Waals surface area contributed by atoms with Crippen molar-refractivity contribution in [1.82, 2.24) is 15.6 Å². The molecule has 0 saturated heterocycles. The molecule has 0 unspecified atom stereocenters. The largest absolute Gasteiger partial charge is 0.359 e. The van der Waals surface area contributed by atoms with E-state index in [-0.39, 0.29) is 11.8 Å². The molecule has 0 atom stereocenters. The molecule has 0 spiro atoms. The number of benzene rings is 1. The lowest BCUT2D eigenvalue weighted by Gasteiger charge is -2.05. The van der Waals surface area contributed by atoms with E-state index in [2.05, 4.69) is 15.6 Å². The Morgan fingerprint density at radius 2 is 1.91 bits per heavy atom. The van der Waals surface area contributed by atoms with Crippen molar-refractivity contribution in [3.8, 4) is 0 Å². The number of carbonyl (C=O) groups excluding carboxylic acids is 2. The van der Waals surface area contributed by atoms with Gasteiger partial charge in [-0.2, -0.15) is 0 Å². The number of fused-ring (bicyclic) bond motifs is 1. The topological polar surface area (TPSA) is 74.0 Å². The molecule has 22 heavy (non-hydrogen) atoms. The lowest BCUT2D eigenvalue weighted by molar-refractivity contribution is -0.120. The van der Waals surface area contributed by atoms with Gasteiger partial charge in [0, 0.05) is 30.9 Å². The average molecular weight is 301 g/mol. The van der Waals surface area contributed by atoms with E-state index in [0.29, 0.717) is 18.7 Å². The van der Waals surface area contributed by atoms with Crippen molar-refractivity contribution in [3.05, 3.63) is 35.5 Å². The molecule has 0 radical (unpaired) electrons. The van der Waals surface area contributed by atoms with Crippen LogP contribution < -0.4 is 10.6 Å². The first-order valence-electron chi connectivity index (χ1n) is 7.69. The predicted molar refractivity (Wildman–Crippen MR) is 87.9 cm³/mol. The molecule has 0 aliphatic carbocycles. The highest BCUT2D eigenvalue weighted by atomic mass is 16.2. The number of hydrogen-bond acceptors (Lipinski definition) is 2. The Hall–Kier alpha value is -2.30. The fourth-order valence-corrected chi connectivity index (χ4v) is 2.51. The van der Waals surface area contributed by atoms with Crippen LogP contribution in [0.4, 0.5) is 0 Å². The summed E-state index contributed by atoms with van der Waals surface area (Å²) < 4.78 is 0. The number of unbranched alkanes of at least 4 members (excludes halogenated alkanes) is 2. The summed E-state index contributed by atoms with van der Waals surface area (Å²) in [5.41, 5.74) is 2.59. The van der Waals surface area contributed by atoms with Gasteiger partial charge >= 0.3 is 0 Å². The standard InChI is InChI=1S/C17H23N3O2/c1-12-13-8-5-6-9-14(13)20-16(12)17(22)19-11-7-3-4-10-15(21)18-2/h5-6,8-9,20H,3-4,7,10-11H2,1-2H3,(H,18,21)(H,19,22). The normalized spacial score (nSPS) is 10.6. The van der Waals surface area contributed by atoms with Gasteiger partial charge in [0.15, 0.2) is 0 Å². The van der Waals surface area contributed by atoms with Crippen molar-refractivity contribution in [2.45, 2.75) is 32.6 Å². The van der Waals surface area contributed by atoms with Gasteiger partial charge in [0.2, 0.25) is 5.91 Å². The molecule has 2 amide bonds. The highest BCUT2D eigenvalue weighted by Gasteiger charge is 2.13. The lowest BCUT2D eigenvalue weighted by Crippen LogP contribution is -2.25. The molecule has 1 heterocycles. The number of hydrogen-bond donors (Lipinski definition) is 3. The first kappa shape index (κ1) is 16.1. The maximum absolute atomic E-state index is 12.2. The molecule has 0 fully saturated rings. The summed E-state index contributed by atoms with van der Waals surface area (Å²) in [5, 5.41) is 6.62. The van der Waals surface area contributed by atoms with Crippen LogP contribution in [0.25, 0.3) is 10.9 Å². The zero-order valence-electron chi connectivity index (χ0n) is 13.2. The molecule has 5 nitrogen and oxygen atoms in total. The van der Waals surface area contributed by atoms with Gasteiger partial charge in [-0.05, 0) is 31.4 Å². The zero-order chi connectivity index (χ0) is 15.9. The molecule has 5 heteroatoms. The first-order valence-corrected chi connectivity index (χ1v) is 7.69. The quantitative estimate of drug-likeness (QED) is 0.687. The van der Waals surface area contributed by atoms with Gasteiger partial charge < -0.3 is 15.6 Å². The average Bonchev–Trinajstić information content (AvgIpc) is 2.87. The smallest absolute Gasteiger partial charge is 0.268 e. The summed E-state index contributed by atoms with van der Waals surface area (Å²) >= 11 is 0. The second kappa shape index (κ2) is 7.64. The predicted octanol–water partition coefficient (Wildman–Crippen LogP) is 2.51. The van der Waals surface area contributed by atoms with Gasteiger partial charge in [0.05, 0.1) is 0 Å². The van der Waals surface area contributed by atoms with Crippen molar-refractivity contribution in [1.29, 1.82) is 0 Å². The monoisotopic (exact) mass is 301 g/mol. The minimum atomic E-state index is -0.0694. The Morgan fingerprint density at radius 3 is 2.64 bits per heavy atom. The van der Waals surface area contributed by atoms with Crippen LogP contribution in [0.1, 0.15) is 41.7 Å². The van der Waals surface area contributed by atoms with E-state index in [0.717, 1.165) is 35.7 Å². The van der Waals surface area contributed by atoms with Crippen LogP contribution in [0.2, 0.25) is 0 Å². The molecule has 1 aromatic heterocycles. The van der Waals surface area contributed by atoms with Crippen molar-refractivity contribution < 1.29 is 9.59 Å². The zero-order valence-corrected chi connectivity index (χ0v) is 13.2. The summed E-state index contributed by atoms with van der Waals surface area (Å²) in [6.45, 7) is 2.58. The molecule has 118 valence electrons. The van der Waals surface area contributed by atoms with E-state index in [1.807, 2.05) is 31.2 Å². The van der Waals surface area contributed by atoms with Crippen LogP contribution in [0.5, 0.6) is 0 Å². The fourth-order valence-electron chi connectivity index (χ4n) is 2.51. The summed E-state index contributed by atoms with van der Waals surface area (Å²) in [5.74, 6) is -0.00210. The molecular weight excluding hydrogens is 278 g/mol. The summed E-state index contributed by atoms with van der Waals surface area (Å²) in [6.07, 6.45) is 3.20. The molecule has 0 aliphatic heterocycles. The van der Waals surface area contributed by atoms with E-state index in [1.165, 1.54) is 0 Å². The Bertz CT molecular complexity index is 661. The van der Waals surface area contributed by atoms with Gasteiger partial charge in [0.25, 0.3) is 5.91 Å². The third-order valence-electron chi connectivity index (χ3n) is 3.84. The maximum Gasteiger partial charge on any atom is 0.268 e. The number of aromatic amines is 1. The van der Waals surface area contributed by atoms with Crippen LogP contribution in [-0.2, 0) is 4.79 Å². The fraction of sp³-hybridized carbons (Fsp3) is 0.412. The summed E-state index contributed by atoms with van der Waals surface area (Å²) in [6, 6.07) is 7.90. The number of para-hydroxylation sites is 1. The third kappa shape index (κ3) is 3.87. The van der Waals surface area contributed by atoms with Crippen molar-refractivity contribution >= 4 is 22.7 Å². The molecule has 2 aromatic rings. The number of amides is 2. The highest BCUT2D eigenvalue weighted by Crippen LogP contribution is 2.21. The van der Waals surface area contributed by atoms with Gasteiger partial charge in [-0.25, -0.2) is 0 Å². The summed E-state index contributed by atoms with van der Waals surface area (Å²) in [7, 11) is 1.64. The Morgan fingerprint density at radius 1 is 1.14 bits per heavy atom. The highest BCUT2D eigenvalue weighted by molar-refractivity contribution is 6.00. The SMILES string of the molecule is CNC(=O)CCCCCNC(=O)c1[nH]c2ccccc2c1C. The number of carbonyl (C=O) groups is 2. The number of rotatable bonds is 7. The molecule has 0 saturated carbocycles. The Kier molecular flexibility index (Phi) is 5.58. The lowest BCUT2D eigenvalue weighted by atomic mass is 10.1. The van der Waals surface area contributed by atoms with Crippen molar-refractivity contribution in [2.75, 3.05) is 13.6 Å². The van der Waals surface area contributed by atoms with Gasteiger partial charge in [0.1, 0.15) is 5.69 Å². The number of nitrogens with one attached hydrogen (secondary N) is 3. The maximum atomic E-state index is 12.2.